The molecule has 0 saturated carbocycles. The maximum atomic E-state index is 12.9. The molecule has 8 nitrogen and oxygen atoms in total. The molecule has 0 spiro atoms. The number of aromatic nitrogens is 1. The van der Waals surface area contributed by atoms with Crippen molar-refractivity contribution < 1.29 is 13.5 Å². The van der Waals surface area contributed by atoms with Gasteiger partial charge in [0.1, 0.15) is 6.07 Å². The predicted molar refractivity (Wildman–Crippen MR) is 149 cm³/mol. The van der Waals surface area contributed by atoms with Crippen LogP contribution in [0.3, 0.4) is 0 Å². The van der Waals surface area contributed by atoms with E-state index >= 15 is 0 Å². The van der Waals surface area contributed by atoms with Crippen molar-refractivity contribution in [3.8, 4) is 17.3 Å². The number of allylic oxidation sites excluding steroid dienone is 1. The van der Waals surface area contributed by atoms with Gasteiger partial charge in [-0.25, -0.2) is 13.1 Å². The summed E-state index contributed by atoms with van der Waals surface area (Å²) >= 11 is 0. The van der Waals surface area contributed by atoms with Gasteiger partial charge in [0.25, 0.3) is 10.0 Å². The van der Waals surface area contributed by atoms with Crippen LogP contribution in [-0.2, 0) is 17.1 Å². The zero-order chi connectivity index (χ0) is 26.8. The Balaban J connectivity index is 1.60. The number of hydrogen-bond donors (Lipinski definition) is 2. The molecule has 2 N–H and O–H groups in total. The molecule has 2 aromatic carbocycles. The minimum atomic E-state index is -4.05. The highest BCUT2D eigenvalue weighted by Gasteiger charge is 2.28. The second-order valence-corrected chi connectivity index (χ2v) is 12.0. The van der Waals surface area contributed by atoms with E-state index in [9.17, 15) is 18.8 Å². The highest BCUT2D eigenvalue weighted by atomic mass is 32.2. The maximum absolute atomic E-state index is 12.9. The summed E-state index contributed by atoms with van der Waals surface area (Å²) in [6.07, 6.45) is 1.61. The van der Waals surface area contributed by atoms with E-state index in [1.807, 2.05) is 29.8 Å². The third-order valence-corrected chi connectivity index (χ3v) is 8.58. The summed E-state index contributed by atoms with van der Waals surface area (Å²) in [6.45, 7) is 7.35. The van der Waals surface area contributed by atoms with E-state index in [0.29, 0.717) is 5.69 Å². The van der Waals surface area contributed by atoms with E-state index in [-0.39, 0.29) is 17.9 Å². The van der Waals surface area contributed by atoms with Gasteiger partial charge in [0.2, 0.25) is 0 Å². The van der Waals surface area contributed by atoms with Crippen molar-refractivity contribution in [2.75, 3.05) is 44.7 Å². The molecule has 1 aliphatic heterocycles. The Morgan fingerprint density at radius 3 is 2.41 bits per heavy atom. The van der Waals surface area contributed by atoms with Crippen LogP contribution >= 0.6 is 0 Å². The Morgan fingerprint density at radius 1 is 1.05 bits per heavy atom. The number of rotatable bonds is 8. The number of nitrogens with zero attached hydrogens (tertiary/aromatic N) is 4. The molecule has 1 aliphatic rings. The molecule has 0 aliphatic carbocycles. The Morgan fingerprint density at radius 2 is 1.73 bits per heavy atom. The average Bonchev–Trinajstić information content (AvgIpc) is 3.21. The second kappa shape index (κ2) is 10.7. The van der Waals surface area contributed by atoms with E-state index in [4.69, 9.17) is 0 Å². The normalized spacial score (nSPS) is 15.8. The molecule has 0 unspecified atom stereocenters. The minimum Gasteiger partial charge on any atom is -0.396 e. The molecular weight excluding hydrogens is 486 g/mol. The van der Waals surface area contributed by atoms with Crippen molar-refractivity contribution in [3.05, 3.63) is 59.1 Å². The van der Waals surface area contributed by atoms with E-state index in [1.165, 1.54) is 17.1 Å². The summed E-state index contributed by atoms with van der Waals surface area (Å²) in [7, 11) is -0.0416. The number of nitriles is 1. The first-order chi connectivity index (χ1) is 17.5. The molecule has 0 amide bonds. The highest BCUT2D eigenvalue weighted by molar-refractivity contribution is 7.93. The standard InChI is InChI=1S/C28H35N5O3S/c1-28(2,11-16-34)30-37(35,36)26(20-29)19-24-9-10-27(32(24)4)23-6-5-22-18-25(8-7-21(22)17-23)33-14-12-31(3)13-15-33/h5-10,17-19,30,34H,11-16H2,1-4H3/b26-19+. The molecule has 0 bridgehead atoms. The van der Waals surface area contributed by atoms with Gasteiger partial charge in [-0.2, -0.15) is 5.26 Å². The van der Waals surface area contributed by atoms with E-state index < -0.39 is 15.6 Å². The van der Waals surface area contributed by atoms with Gasteiger partial charge in [0.15, 0.2) is 4.91 Å². The summed E-state index contributed by atoms with van der Waals surface area (Å²) in [6, 6.07) is 18.4. The largest absolute Gasteiger partial charge is 0.396 e. The number of nitrogens with one attached hydrogen (secondary N) is 1. The van der Waals surface area contributed by atoms with Gasteiger partial charge in [-0.1, -0.05) is 18.2 Å². The SMILES string of the molecule is CN1CCN(c2ccc3cc(-c4ccc(/C=C(\C#N)S(=O)(=O)NC(C)(C)CCO)n4C)ccc3c2)CC1. The molecule has 1 saturated heterocycles. The molecule has 2 heterocycles. The molecule has 0 radical (unpaired) electrons. The Kier molecular flexibility index (Phi) is 7.76. The molecule has 0 atom stereocenters. The number of aliphatic hydroxyl groups is 1. The number of anilines is 1. The van der Waals surface area contributed by atoms with Crippen LogP contribution in [0.2, 0.25) is 0 Å². The second-order valence-electron chi connectivity index (χ2n) is 10.3. The van der Waals surface area contributed by atoms with Crippen LogP contribution in [-0.4, -0.2) is 68.4 Å². The lowest BCUT2D eigenvalue weighted by Gasteiger charge is -2.34. The van der Waals surface area contributed by atoms with E-state index in [2.05, 4.69) is 58.0 Å². The van der Waals surface area contributed by atoms with Crippen LogP contribution in [0.4, 0.5) is 5.69 Å². The van der Waals surface area contributed by atoms with Crippen LogP contribution < -0.4 is 9.62 Å². The maximum Gasteiger partial charge on any atom is 0.251 e. The molecule has 1 fully saturated rings. The molecule has 3 aromatic rings. The van der Waals surface area contributed by atoms with Gasteiger partial charge in [-0.15, -0.1) is 0 Å². The number of hydrogen-bond acceptors (Lipinski definition) is 6. The summed E-state index contributed by atoms with van der Waals surface area (Å²) in [5, 5.41) is 21.1. The van der Waals surface area contributed by atoms with Crippen molar-refractivity contribution in [2.45, 2.75) is 25.8 Å². The van der Waals surface area contributed by atoms with Crippen molar-refractivity contribution >= 4 is 32.6 Å². The first kappa shape index (κ1) is 26.9. The molecular formula is C28H35N5O3S. The minimum absolute atomic E-state index is 0.161. The molecule has 1 aromatic heterocycles. The van der Waals surface area contributed by atoms with Gasteiger partial charge in [0, 0.05) is 62.4 Å². The third kappa shape index (κ3) is 6.05. The summed E-state index contributed by atoms with van der Waals surface area (Å²) in [5.74, 6) is 0. The molecule has 196 valence electrons. The van der Waals surface area contributed by atoms with E-state index in [0.717, 1.165) is 42.8 Å². The Hall–Kier alpha value is -3.16. The van der Waals surface area contributed by atoms with Gasteiger partial charge in [-0.05, 0) is 80.1 Å². The zero-order valence-electron chi connectivity index (χ0n) is 21.9. The first-order valence-electron chi connectivity index (χ1n) is 12.4. The van der Waals surface area contributed by atoms with Crippen molar-refractivity contribution in [1.82, 2.24) is 14.2 Å². The smallest absolute Gasteiger partial charge is 0.251 e. The number of fused-ring (bicyclic) bond motifs is 1. The zero-order valence-corrected chi connectivity index (χ0v) is 22.7. The molecule has 37 heavy (non-hydrogen) atoms. The fourth-order valence-corrected chi connectivity index (χ4v) is 6.00. The highest BCUT2D eigenvalue weighted by Crippen LogP contribution is 2.29. The van der Waals surface area contributed by atoms with Gasteiger partial charge < -0.3 is 19.5 Å². The predicted octanol–water partition coefficient (Wildman–Crippen LogP) is 3.54. The number of piperazine rings is 1. The number of likely N-dealkylation sites (N-methyl/N-ethyl adjacent to an activating group) is 1. The van der Waals surface area contributed by atoms with Gasteiger partial charge in [0.05, 0.1) is 0 Å². The summed E-state index contributed by atoms with van der Waals surface area (Å²) in [5.41, 5.74) is 2.88. The van der Waals surface area contributed by atoms with Crippen LogP contribution in [0.15, 0.2) is 53.4 Å². The number of sulfonamides is 1. The van der Waals surface area contributed by atoms with Crippen LogP contribution in [0, 0.1) is 11.3 Å². The summed E-state index contributed by atoms with van der Waals surface area (Å²) < 4.78 is 30.1. The average molecular weight is 522 g/mol. The molecule has 9 heteroatoms. The van der Waals surface area contributed by atoms with Gasteiger partial charge in [-0.3, -0.25) is 0 Å². The lowest BCUT2D eigenvalue weighted by atomic mass is 10.0. The Labute approximate surface area is 219 Å². The summed E-state index contributed by atoms with van der Waals surface area (Å²) in [4.78, 5) is 4.39. The lowest BCUT2D eigenvalue weighted by molar-refractivity contribution is 0.246. The Bertz CT molecular complexity index is 1460. The fraction of sp³-hybridized carbons (Fsp3) is 0.393. The van der Waals surface area contributed by atoms with Crippen molar-refractivity contribution in [2.24, 2.45) is 7.05 Å². The van der Waals surface area contributed by atoms with E-state index in [1.54, 1.807) is 13.8 Å². The monoisotopic (exact) mass is 521 g/mol. The third-order valence-electron chi connectivity index (χ3n) is 6.97. The first-order valence-corrected chi connectivity index (χ1v) is 13.9. The van der Waals surface area contributed by atoms with Crippen LogP contribution in [0.5, 0.6) is 0 Å². The lowest BCUT2D eigenvalue weighted by Crippen LogP contribution is -2.44. The van der Waals surface area contributed by atoms with Gasteiger partial charge >= 0.3 is 0 Å². The number of aliphatic hydroxyl groups excluding tert-OH is 1. The number of benzene rings is 2. The van der Waals surface area contributed by atoms with Crippen molar-refractivity contribution in [3.63, 3.8) is 0 Å². The van der Waals surface area contributed by atoms with Crippen molar-refractivity contribution in [1.29, 1.82) is 5.26 Å². The van der Waals surface area contributed by atoms with Crippen LogP contribution in [0.1, 0.15) is 26.0 Å². The topological polar surface area (TPSA) is 102 Å². The van der Waals surface area contributed by atoms with Crippen LogP contribution in [0.25, 0.3) is 28.1 Å². The molecule has 4 rings (SSSR count). The quantitative estimate of drug-likeness (QED) is 0.440. The fourth-order valence-electron chi connectivity index (χ4n) is 4.67.